The van der Waals surface area contributed by atoms with Gasteiger partial charge in [0.25, 0.3) is 5.91 Å². The lowest BCUT2D eigenvalue weighted by Crippen LogP contribution is -2.51. The standard InChI is InChI=1S/C17H27N3O2S/c1-4-20-9-5-7-13(20)11-18-17(22)15(12(2)3)19-16(21)14-8-6-10-23-14/h6,8,10,12-13,15H,4-5,7,9,11H2,1-3H3,(H,18,22)(H,19,21). The molecule has 1 aromatic heterocycles. The molecule has 0 saturated carbocycles. The van der Waals surface area contributed by atoms with E-state index in [0.29, 0.717) is 17.5 Å². The summed E-state index contributed by atoms with van der Waals surface area (Å²) in [6.07, 6.45) is 2.32. The monoisotopic (exact) mass is 337 g/mol. The molecule has 1 fully saturated rings. The number of amides is 2. The largest absolute Gasteiger partial charge is 0.353 e. The van der Waals surface area contributed by atoms with Crippen LogP contribution in [0.4, 0.5) is 0 Å². The van der Waals surface area contributed by atoms with Crippen LogP contribution in [0, 0.1) is 5.92 Å². The fraction of sp³-hybridized carbons (Fsp3) is 0.647. The quantitative estimate of drug-likeness (QED) is 0.801. The van der Waals surface area contributed by atoms with Gasteiger partial charge in [-0.2, -0.15) is 0 Å². The summed E-state index contributed by atoms with van der Waals surface area (Å²) >= 11 is 1.38. The summed E-state index contributed by atoms with van der Waals surface area (Å²) in [5.74, 6) is -0.220. The minimum atomic E-state index is -0.499. The van der Waals surface area contributed by atoms with Crippen molar-refractivity contribution in [1.29, 1.82) is 0 Å². The van der Waals surface area contributed by atoms with Crippen molar-refractivity contribution in [2.24, 2.45) is 5.92 Å². The van der Waals surface area contributed by atoms with Crippen molar-refractivity contribution < 1.29 is 9.59 Å². The van der Waals surface area contributed by atoms with Gasteiger partial charge in [-0.15, -0.1) is 11.3 Å². The van der Waals surface area contributed by atoms with E-state index >= 15 is 0 Å². The SMILES string of the molecule is CCN1CCCC1CNC(=O)C(NC(=O)c1cccs1)C(C)C. The van der Waals surface area contributed by atoms with Gasteiger partial charge in [0.1, 0.15) is 6.04 Å². The van der Waals surface area contributed by atoms with Crippen molar-refractivity contribution in [1.82, 2.24) is 15.5 Å². The number of thiophene rings is 1. The van der Waals surface area contributed by atoms with E-state index < -0.39 is 6.04 Å². The van der Waals surface area contributed by atoms with Gasteiger partial charge in [-0.3, -0.25) is 14.5 Å². The number of hydrogen-bond donors (Lipinski definition) is 2. The molecule has 1 aliphatic rings. The Kier molecular flexibility index (Phi) is 6.59. The molecule has 2 unspecified atom stereocenters. The van der Waals surface area contributed by atoms with Crippen molar-refractivity contribution in [3.05, 3.63) is 22.4 Å². The van der Waals surface area contributed by atoms with E-state index in [2.05, 4.69) is 22.5 Å². The minimum Gasteiger partial charge on any atom is -0.353 e. The molecule has 1 aromatic rings. The van der Waals surface area contributed by atoms with E-state index in [1.54, 1.807) is 6.07 Å². The van der Waals surface area contributed by atoms with Gasteiger partial charge in [0.2, 0.25) is 5.91 Å². The molecule has 1 aliphatic heterocycles. The fourth-order valence-corrected chi connectivity index (χ4v) is 3.65. The molecule has 2 amide bonds. The highest BCUT2D eigenvalue weighted by atomic mass is 32.1. The second-order valence-electron chi connectivity index (χ2n) is 6.34. The first-order valence-electron chi connectivity index (χ1n) is 8.39. The number of nitrogens with zero attached hydrogens (tertiary/aromatic N) is 1. The summed E-state index contributed by atoms with van der Waals surface area (Å²) in [4.78, 5) is 27.7. The van der Waals surface area contributed by atoms with Gasteiger partial charge in [-0.05, 0) is 43.3 Å². The minimum absolute atomic E-state index is 0.0461. The molecule has 0 aromatic carbocycles. The van der Waals surface area contributed by atoms with E-state index in [4.69, 9.17) is 0 Å². The van der Waals surface area contributed by atoms with E-state index in [1.807, 2.05) is 25.3 Å². The van der Waals surface area contributed by atoms with Gasteiger partial charge in [-0.25, -0.2) is 0 Å². The highest BCUT2D eigenvalue weighted by molar-refractivity contribution is 7.12. The lowest BCUT2D eigenvalue weighted by atomic mass is 10.0. The van der Waals surface area contributed by atoms with Crippen LogP contribution < -0.4 is 10.6 Å². The highest BCUT2D eigenvalue weighted by Crippen LogP contribution is 2.16. The molecule has 2 N–H and O–H groups in total. The molecule has 6 heteroatoms. The van der Waals surface area contributed by atoms with Crippen molar-refractivity contribution in [3.8, 4) is 0 Å². The molecule has 23 heavy (non-hydrogen) atoms. The van der Waals surface area contributed by atoms with Crippen molar-refractivity contribution in [2.75, 3.05) is 19.6 Å². The van der Waals surface area contributed by atoms with Crippen molar-refractivity contribution in [3.63, 3.8) is 0 Å². The van der Waals surface area contributed by atoms with Crippen LogP contribution in [0.5, 0.6) is 0 Å². The molecule has 2 rings (SSSR count). The Morgan fingerprint density at radius 1 is 1.43 bits per heavy atom. The first-order chi connectivity index (χ1) is 11.0. The Hall–Kier alpha value is -1.40. The Morgan fingerprint density at radius 2 is 2.22 bits per heavy atom. The number of likely N-dealkylation sites (tertiary alicyclic amines) is 1. The first-order valence-corrected chi connectivity index (χ1v) is 9.27. The summed E-state index contributed by atoms with van der Waals surface area (Å²) in [7, 11) is 0. The van der Waals surface area contributed by atoms with Crippen LogP contribution in [-0.2, 0) is 4.79 Å². The zero-order chi connectivity index (χ0) is 16.8. The zero-order valence-corrected chi connectivity index (χ0v) is 15.0. The lowest BCUT2D eigenvalue weighted by molar-refractivity contribution is -0.124. The fourth-order valence-electron chi connectivity index (χ4n) is 3.03. The summed E-state index contributed by atoms with van der Waals surface area (Å²) in [5, 5.41) is 7.75. The Labute approximate surface area is 142 Å². The average molecular weight is 337 g/mol. The Bertz CT molecular complexity index is 516. The van der Waals surface area contributed by atoms with E-state index in [-0.39, 0.29) is 17.7 Å². The van der Waals surface area contributed by atoms with E-state index in [9.17, 15) is 9.59 Å². The third-order valence-corrected chi connectivity index (χ3v) is 5.27. The first kappa shape index (κ1) is 17.9. The topological polar surface area (TPSA) is 61.4 Å². The molecule has 0 spiro atoms. The van der Waals surface area contributed by atoms with Gasteiger partial charge in [0.15, 0.2) is 0 Å². The predicted octanol–water partition coefficient (Wildman–Crippen LogP) is 2.10. The smallest absolute Gasteiger partial charge is 0.262 e. The molecule has 0 radical (unpaired) electrons. The molecule has 2 atom stereocenters. The van der Waals surface area contributed by atoms with Gasteiger partial charge in [0.05, 0.1) is 4.88 Å². The molecule has 2 heterocycles. The third-order valence-electron chi connectivity index (χ3n) is 4.40. The zero-order valence-electron chi connectivity index (χ0n) is 14.2. The molecule has 0 bridgehead atoms. The van der Waals surface area contributed by atoms with E-state index in [0.717, 1.165) is 19.5 Å². The number of likely N-dealkylation sites (N-methyl/N-ethyl adjacent to an activating group) is 1. The van der Waals surface area contributed by atoms with Crippen LogP contribution in [-0.4, -0.2) is 48.4 Å². The number of carbonyl (C=O) groups excluding carboxylic acids is 2. The predicted molar refractivity (Wildman–Crippen MR) is 93.7 cm³/mol. The molecule has 1 saturated heterocycles. The molecule has 0 aliphatic carbocycles. The Balaban J connectivity index is 1.89. The molecular formula is C17H27N3O2S. The second-order valence-corrected chi connectivity index (χ2v) is 7.29. The van der Waals surface area contributed by atoms with Crippen LogP contribution in [0.2, 0.25) is 0 Å². The maximum absolute atomic E-state index is 12.5. The van der Waals surface area contributed by atoms with Crippen molar-refractivity contribution >= 4 is 23.2 Å². The number of carbonyl (C=O) groups is 2. The number of rotatable bonds is 7. The van der Waals surface area contributed by atoms with Crippen LogP contribution >= 0.6 is 11.3 Å². The molecule has 128 valence electrons. The number of hydrogen-bond acceptors (Lipinski definition) is 4. The van der Waals surface area contributed by atoms with Crippen LogP contribution in [0.1, 0.15) is 43.3 Å². The van der Waals surface area contributed by atoms with Gasteiger partial charge < -0.3 is 10.6 Å². The highest BCUT2D eigenvalue weighted by Gasteiger charge is 2.27. The van der Waals surface area contributed by atoms with Gasteiger partial charge in [0, 0.05) is 12.6 Å². The summed E-state index contributed by atoms with van der Waals surface area (Å²) in [6, 6.07) is 3.53. The maximum Gasteiger partial charge on any atom is 0.262 e. The average Bonchev–Trinajstić information content (AvgIpc) is 3.20. The molecule has 5 nitrogen and oxygen atoms in total. The Morgan fingerprint density at radius 3 is 2.83 bits per heavy atom. The third kappa shape index (κ3) is 4.78. The van der Waals surface area contributed by atoms with E-state index in [1.165, 1.54) is 17.8 Å². The van der Waals surface area contributed by atoms with Gasteiger partial charge in [-0.1, -0.05) is 26.8 Å². The lowest BCUT2D eigenvalue weighted by Gasteiger charge is -2.26. The normalized spacial score (nSPS) is 19.7. The van der Waals surface area contributed by atoms with Gasteiger partial charge >= 0.3 is 0 Å². The number of nitrogens with one attached hydrogen (secondary N) is 2. The summed E-state index contributed by atoms with van der Waals surface area (Å²) in [6.45, 7) is 8.84. The second kappa shape index (κ2) is 8.45. The maximum atomic E-state index is 12.5. The van der Waals surface area contributed by atoms with Crippen LogP contribution in [0.15, 0.2) is 17.5 Å². The summed E-state index contributed by atoms with van der Waals surface area (Å²) < 4.78 is 0. The van der Waals surface area contributed by atoms with Crippen molar-refractivity contribution in [2.45, 2.75) is 45.7 Å². The molecular weight excluding hydrogens is 310 g/mol. The summed E-state index contributed by atoms with van der Waals surface area (Å²) in [5.41, 5.74) is 0. The van der Waals surface area contributed by atoms with Crippen LogP contribution in [0.3, 0.4) is 0 Å². The van der Waals surface area contributed by atoms with Crippen LogP contribution in [0.25, 0.3) is 0 Å².